The molecule has 5 nitrogen and oxygen atoms in total. The molecule has 0 saturated heterocycles. The molecule has 0 bridgehead atoms. The van der Waals surface area contributed by atoms with E-state index in [1.165, 1.54) is 28.5 Å². The molecule has 0 aliphatic carbocycles. The van der Waals surface area contributed by atoms with Gasteiger partial charge in [0.2, 0.25) is 0 Å². The molecular weight excluding hydrogens is 713 g/mol. The van der Waals surface area contributed by atoms with Gasteiger partial charge in [0.15, 0.2) is 30.1 Å². The van der Waals surface area contributed by atoms with Crippen LogP contribution in [0.2, 0.25) is 54.4 Å². The van der Waals surface area contributed by atoms with E-state index in [1.807, 2.05) is 13.8 Å². The molecule has 0 unspecified atom stereocenters. The fourth-order valence-electron chi connectivity index (χ4n) is 4.54. The first kappa shape index (κ1) is 49.0. The minimum absolute atomic E-state index is 0.154. The molecule has 0 saturated carbocycles. The van der Waals surface area contributed by atoms with Crippen LogP contribution in [0.15, 0.2) is 36.4 Å². The first-order valence-corrected chi connectivity index (χ1v) is 28.7. The highest BCUT2D eigenvalue weighted by atomic mass is 32.2. The smallest absolute Gasteiger partial charge is 0.192 e. The van der Waals surface area contributed by atoms with Gasteiger partial charge >= 0.3 is 0 Å². The van der Waals surface area contributed by atoms with Gasteiger partial charge in [-0.3, -0.25) is 4.79 Å². The third-order valence-electron chi connectivity index (χ3n) is 11.5. The lowest BCUT2D eigenvalue weighted by Crippen LogP contribution is -2.40. The normalized spacial score (nSPS) is 13.9. The Labute approximate surface area is 328 Å². The second-order valence-electron chi connectivity index (χ2n) is 20.2. The van der Waals surface area contributed by atoms with E-state index in [2.05, 4.69) is 159 Å². The molecule has 0 amide bonds. The molecule has 52 heavy (non-hydrogen) atoms. The van der Waals surface area contributed by atoms with Crippen LogP contribution in [-0.4, -0.2) is 35.2 Å². The highest BCUT2D eigenvalue weighted by molar-refractivity contribution is 8.14. The van der Waals surface area contributed by atoms with Crippen LogP contribution >= 0.6 is 11.8 Å². The zero-order chi connectivity index (χ0) is 40.9. The fraction of sp³-hybridized carbons (Fsp3) is 0.698. The Kier molecular flexibility index (Phi) is 16.8. The molecule has 1 N–H and O–H groups in total. The molecule has 0 fully saturated rings. The third-order valence-corrected chi connectivity index (χ3v) is 26.0. The zero-order valence-corrected chi connectivity index (χ0v) is 41.1. The van der Waals surface area contributed by atoms with Gasteiger partial charge in [-0.2, -0.15) is 0 Å². The molecule has 9 heteroatoms. The van der Waals surface area contributed by atoms with Crippen molar-refractivity contribution in [1.29, 1.82) is 0 Å². The van der Waals surface area contributed by atoms with Crippen LogP contribution in [0.1, 0.15) is 137 Å². The lowest BCUT2D eigenvalue weighted by molar-refractivity contribution is -0.109. The molecule has 0 spiro atoms. The maximum atomic E-state index is 11.6. The second kappa shape index (κ2) is 17.8. The van der Waals surface area contributed by atoms with Crippen molar-refractivity contribution in [3.63, 3.8) is 0 Å². The van der Waals surface area contributed by atoms with E-state index in [-0.39, 0.29) is 25.0 Å². The van der Waals surface area contributed by atoms with Gasteiger partial charge in [0.05, 0.1) is 25.4 Å². The lowest BCUT2D eigenvalue weighted by atomic mass is 9.94. The number of carbonyl (C=O) groups is 1. The topological polar surface area (TPSA) is 65.0 Å². The minimum Gasteiger partial charge on any atom is -0.413 e. The number of aryl methyl sites for hydroxylation is 1. The molecule has 2 aromatic carbocycles. The maximum Gasteiger partial charge on any atom is 0.192 e. The Hall–Kier alpha value is -1.05. The summed E-state index contributed by atoms with van der Waals surface area (Å²) in [6, 6.07) is 13.0. The maximum absolute atomic E-state index is 11.6. The van der Waals surface area contributed by atoms with Crippen LogP contribution in [0.5, 0.6) is 0 Å². The van der Waals surface area contributed by atoms with Gasteiger partial charge in [-0.1, -0.05) is 117 Å². The Bertz CT molecular complexity index is 1420. The Morgan fingerprint density at radius 2 is 0.846 bits per heavy atom. The molecule has 0 heterocycles. The van der Waals surface area contributed by atoms with Crippen molar-refractivity contribution in [3.8, 4) is 0 Å². The number of thioether (sulfide) groups is 1. The Balaban J connectivity index is 0.000000526. The first-order valence-electron chi connectivity index (χ1n) is 19.1. The molecule has 0 atom stereocenters. The summed E-state index contributed by atoms with van der Waals surface area (Å²) >= 11 is 1.39. The number of hydrogen-bond acceptors (Lipinski definition) is 6. The number of carbonyl (C=O) groups excluding carboxylic acids is 1. The first-order chi connectivity index (χ1) is 23.0. The SMILES string of the molecule is CC(C)(O)c1cc(CO[Si](C)(C)C(C)(C)C)cc(CO[Si](C)(C)C(C)(C)C)c1.CCc1cc(CO[Si](C)(C)C(C)(C)C)cc(C(C)(C)SC(C)=O)c1. The van der Waals surface area contributed by atoms with Crippen molar-refractivity contribution in [2.24, 2.45) is 0 Å². The molecule has 298 valence electrons. The Morgan fingerprint density at radius 1 is 0.558 bits per heavy atom. The van der Waals surface area contributed by atoms with Gasteiger partial charge in [-0.15, -0.1) is 0 Å². The number of aliphatic hydroxyl groups is 1. The van der Waals surface area contributed by atoms with Gasteiger partial charge in [0.25, 0.3) is 0 Å². The highest BCUT2D eigenvalue weighted by Crippen LogP contribution is 2.41. The van der Waals surface area contributed by atoms with Crippen LogP contribution in [0.4, 0.5) is 0 Å². The van der Waals surface area contributed by atoms with Crippen molar-refractivity contribution in [1.82, 2.24) is 0 Å². The standard InChI is InChI=1S/C23H44O3Si2.C20H34O2SSi/c1-21(2,3)27(9,10)25-16-18-13-19(15-20(14-18)23(7,8)24)17-26-28(11,12)22(4,5)6;1-10-16-11-17(14-22-24(8,9)19(3,4)5)13-18(12-16)20(6,7)23-15(2)21/h13-15,24H,16-17H2,1-12H3;11-13H,10,14H2,1-9H3. The molecule has 0 aromatic heterocycles. The summed E-state index contributed by atoms with van der Waals surface area (Å²) in [5, 5.41) is 11.3. The fourth-order valence-corrected chi connectivity index (χ4v) is 8.38. The number of benzene rings is 2. The predicted molar refractivity (Wildman–Crippen MR) is 235 cm³/mol. The molecule has 0 aliphatic heterocycles. The van der Waals surface area contributed by atoms with E-state index in [1.54, 1.807) is 6.92 Å². The van der Waals surface area contributed by atoms with Crippen molar-refractivity contribution in [3.05, 3.63) is 69.8 Å². The largest absolute Gasteiger partial charge is 0.413 e. The second-order valence-corrected chi connectivity index (χ2v) is 36.5. The molecule has 0 radical (unpaired) electrons. The lowest BCUT2D eigenvalue weighted by Gasteiger charge is -2.37. The van der Waals surface area contributed by atoms with Crippen LogP contribution in [0.25, 0.3) is 0 Å². The van der Waals surface area contributed by atoms with E-state index < -0.39 is 30.6 Å². The van der Waals surface area contributed by atoms with Gasteiger partial charge < -0.3 is 18.4 Å². The van der Waals surface area contributed by atoms with Crippen LogP contribution in [-0.2, 0) is 54.7 Å². The van der Waals surface area contributed by atoms with Crippen LogP contribution in [0.3, 0.4) is 0 Å². The van der Waals surface area contributed by atoms with Gasteiger partial charge in [-0.25, -0.2) is 0 Å². The molecule has 2 aromatic rings. The quantitative estimate of drug-likeness (QED) is 0.204. The van der Waals surface area contributed by atoms with Gasteiger partial charge in [0.1, 0.15) is 0 Å². The third kappa shape index (κ3) is 14.9. The monoisotopic (exact) mass is 790 g/mol. The van der Waals surface area contributed by atoms with Crippen molar-refractivity contribution in [2.75, 3.05) is 0 Å². The molecule has 0 aliphatic rings. The average molecular weight is 791 g/mol. The number of hydrogen-bond donors (Lipinski definition) is 1. The van der Waals surface area contributed by atoms with Gasteiger partial charge in [0, 0.05) is 11.7 Å². The van der Waals surface area contributed by atoms with E-state index in [0.29, 0.717) is 19.8 Å². The van der Waals surface area contributed by atoms with E-state index in [4.69, 9.17) is 13.3 Å². The van der Waals surface area contributed by atoms with E-state index >= 15 is 0 Å². The summed E-state index contributed by atoms with van der Waals surface area (Å²) < 4.78 is 19.0. The van der Waals surface area contributed by atoms with Crippen molar-refractivity contribution in [2.45, 2.75) is 195 Å². The Morgan fingerprint density at radius 3 is 1.12 bits per heavy atom. The van der Waals surface area contributed by atoms with Crippen molar-refractivity contribution >= 4 is 41.8 Å². The average Bonchev–Trinajstić information content (AvgIpc) is 2.95. The molecular formula is C43H78O5SSi3. The van der Waals surface area contributed by atoms with E-state index in [0.717, 1.165) is 23.1 Å². The number of rotatable bonds is 13. The highest BCUT2D eigenvalue weighted by Gasteiger charge is 2.39. The molecule has 2 rings (SSSR count). The van der Waals surface area contributed by atoms with Crippen molar-refractivity contribution < 1.29 is 23.2 Å². The van der Waals surface area contributed by atoms with Crippen LogP contribution < -0.4 is 0 Å². The zero-order valence-electron chi connectivity index (χ0n) is 37.3. The predicted octanol–water partition coefficient (Wildman–Crippen LogP) is 13.2. The summed E-state index contributed by atoms with van der Waals surface area (Å²) in [6.07, 6.45) is 0.988. The van der Waals surface area contributed by atoms with E-state index in [9.17, 15) is 9.90 Å². The summed E-state index contributed by atoms with van der Waals surface area (Å²) in [5.74, 6) is 0. The summed E-state index contributed by atoms with van der Waals surface area (Å²) in [4.78, 5) is 11.6. The summed E-state index contributed by atoms with van der Waals surface area (Å²) in [6.45, 7) is 47.5. The van der Waals surface area contributed by atoms with Gasteiger partial charge in [-0.05, 0) is 122 Å². The summed E-state index contributed by atoms with van der Waals surface area (Å²) in [7, 11) is -5.42. The minimum atomic E-state index is -1.83. The van der Waals surface area contributed by atoms with Crippen LogP contribution in [0, 0.1) is 0 Å². The summed E-state index contributed by atoms with van der Waals surface area (Å²) in [5.41, 5.74) is 5.97.